The highest BCUT2D eigenvalue weighted by Crippen LogP contribution is 2.09. The number of ether oxygens (including phenoxy) is 1. The van der Waals surface area contributed by atoms with Crippen molar-refractivity contribution in [2.45, 2.75) is 6.92 Å². The molecule has 0 unspecified atom stereocenters. The molecule has 18 heavy (non-hydrogen) atoms. The molecule has 0 aliphatic rings. The average molecular weight is 248 g/mol. The Labute approximate surface area is 106 Å². The van der Waals surface area contributed by atoms with Gasteiger partial charge in [0, 0.05) is 23.4 Å². The lowest BCUT2D eigenvalue weighted by Crippen LogP contribution is -2.10. The third-order valence-corrected chi connectivity index (χ3v) is 2.39. The molecular formula is C13H16N2O3. The molecule has 0 fully saturated rings. The van der Waals surface area contributed by atoms with Crippen LogP contribution in [0.1, 0.15) is 17.3 Å². The van der Waals surface area contributed by atoms with Gasteiger partial charge in [-0.2, -0.15) is 0 Å². The predicted molar refractivity (Wildman–Crippen MR) is 69.2 cm³/mol. The van der Waals surface area contributed by atoms with Crippen molar-refractivity contribution in [1.82, 2.24) is 0 Å². The fourth-order valence-electron chi connectivity index (χ4n) is 1.32. The molecule has 1 rings (SSSR count). The van der Waals surface area contributed by atoms with Crippen LogP contribution in [-0.2, 0) is 9.53 Å². The minimum atomic E-state index is -0.456. The Bertz CT molecular complexity index is 464. The number of carbonyl (C=O) groups excluding carboxylic acids is 2. The first-order valence-electron chi connectivity index (χ1n) is 5.43. The number of methoxy groups -OCH3 is 1. The van der Waals surface area contributed by atoms with Crippen molar-refractivity contribution in [3.8, 4) is 0 Å². The van der Waals surface area contributed by atoms with Crippen LogP contribution in [0.4, 0.5) is 5.69 Å². The van der Waals surface area contributed by atoms with Gasteiger partial charge in [0.1, 0.15) is 0 Å². The Morgan fingerprint density at radius 3 is 2.44 bits per heavy atom. The maximum absolute atomic E-state index is 11.1. The van der Waals surface area contributed by atoms with Gasteiger partial charge in [0.2, 0.25) is 5.91 Å². The molecule has 1 aromatic carbocycles. The highest BCUT2D eigenvalue weighted by molar-refractivity contribution is 5.93. The van der Waals surface area contributed by atoms with E-state index in [1.165, 1.54) is 7.11 Å². The number of amides is 1. The van der Waals surface area contributed by atoms with E-state index in [-0.39, 0.29) is 5.97 Å². The normalized spacial score (nSPS) is 10.9. The number of rotatable bonds is 5. The van der Waals surface area contributed by atoms with Crippen LogP contribution >= 0.6 is 0 Å². The number of esters is 1. The summed E-state index contributed by atoms with van der Waals surface area (Å²) in [4.78, 5) is 22.0. The van der Waals surface area contributed by atoms with Gasteiger partial charge >= 0.3 is 5.97 Å². The second kappa shape index (κ2) is 6.44. The van der Waals surface area contributed by atoms with Crippen molar-refractivity contribution >= 4 is 17.6 Å². The standard InChI is InChI=1S/C13H16N2O3/c1-9(13(17)18-2)7-8-15-11-5-3-10(4-6-11)12(14)16/h3-7,15H,8H2,1-2H3,(H2,14,16)/b9-7+. The van der Waals surface area contributed by atoms with E-state index < -0.39 is 5.91 Å². The molecule has 0 spiro atoms. The fraction of sp³-hybridized carbons (Fsp3) is 0.231. The Balaban J connectivity index is 2.54. The third kappa shape index (κ3) is 3.93. The summed E-state index contributed by atoms with van der Waals surface area (Å²) in [6, 6.07) is 6.78. The molecule has 3 N–H and O–H groups in total. The molecule has 0 heterocycles. The Hall–Kier alpha value is -2.30. The monoisotopic (exact) mass is 248 g/mol. The highest BCUT2D eigenvalue weighted by Gasteiger charge is 2.02. The molecule has 96 valence electrons. The molecule has 0 saturated heterocycles. The van der Waals surface area contributed by atoms with Crippen molar-refractivity contribution in [1.29, 1.82) is 0 Å². The lowest BCUT2D eigenvalue weighted by molar-refractivity contribution is -0.136. The van der Waals surface area contributed by atoms with Crippen LogP contribution in [0.3, 0.4) is 0 Å². The van der Waals surface area contributed by atoms with Gasteiger partial charge in [0.05, 0.1) is 7.11 Å². The molecule has 0 atom stereocenters. The van der Waals surface area contributed by atoms with Gasteiger partial charge in [-0.15, -0.1) is 0 Å². The molecule has 0 bridgehead atoms. The van der Waals surface area contributed by atoms with Crippen LogP contribution in [0.25, 0.3) is 0 Å². The van der Waals surface area contributed by atoms with E-state index in [1.54, 1.807) is 37.3 Å². The van der Waals surface area contributed by atoms with Crippen LogP contribution < -0.4 is 11.1 Å². The molecule has 0 saturated carbocycles. The lowest BCUT2D eigenvalue weighted by atomic mass is 10.2. The molecule has 0 aliphatic heterocycles. The second-order valence-corrected chi connectivity index (χ2v) is 3.70. The van der Waals surface area contributed by atoms with Crippen molar-refractivity contribution < 1.29 is 14.3 Å². The highest BCUT2D eigenvalue weighted by atomic mass is 16.5. The average Bonchev–Trinajstić information content (AvgIpc) is 2.38. The van der Waals surface area contributed by atoms with Crippen LogP contribution in [0.2, 0.25) is 0 Å². The van der Waals surface area contributed by atoms with Crippen LogP contribution in [0.15, 0.2) is 35.9 Å². The summed E-state index contributed by atoms with van der Waals surface area (Å²) in [5, 5.41) is 3.08. The van der Waals surface area contributed by atoms with Crippen molar-refractivity contribution in [3.63, 3.8) is 0 Å². The van der Waals surface area contributed by atoms with E-state index in [0.717, 1.165) is 5.69 Å². The zero-order chi connectivity index (χ0) is 13.5. The number of benzene rings is 1. The first kappa shape index (κ1) is 13.8. The molecule has 0 radical (unpaired) electrons. The van der Waals surface area contributed by atoms with E-state index in [0.29, 0.717) is 17.7 Å². The third-order valence-electron chi connectivity index (χ3n) is 2.39. The first-order chi connectivity index (χ1) is 8.54. The molecule has 0 aromatic heterocycles. The van der Waals surface area contributed by atoms with E-state index in [2.05, 4.69) is 10.1 Å². The van der Waals surface area contributed by atoms with Gasteiger partial charge in [0.25, 0.3) is 0 Å². The first-order valence-corrected chi connectivity index (χ1v) is 5.43. The molecule has 5 heteroatoms. The summed E-state index contributed by atoms with van der Waals surface area (Å²) < 4.78 is 4.57. The Morgan fingerprint density at radius 1 is 1.33 bits per heavy atom. The van der Waals surface area contributed by atoms with Crippen LogP contribution in [0, 0.1) is 0 Å². The minimum absolute atomic E-state index is 0.346. The number of carbonyl (C=O) groups is 2. The zero-order valence-corrected chi connectivity index (χ0v) is 10.4. The predicted octanol–water partition coefficient (Wildman–Crippen LogP) is 1.32. The number of hydrogen-bond acceptors (Lipinski definition) is 4. The van der Waals surface area contributed by atoms with E-state index in [1.807, 2.05) is 0 Å². The molecule has 5 nitrogen and oxygen atoms in total. The zero-order valence-electron chi connectivity index (χ0n) is 10.4. The van der Waals surface area contributed by atoms with Crippen LogP contribution in [-0.4, -0.2) is 25.5 Å². The minimum Gasteiger partial charge on any atom is -0.466 e. The number of anilines is 1. The van der Waals surface area contributed by atoms with Crippen LogP contribution in [0.5, 0.6) is 0 Å². The van der Waals surface area contributed by atoms with Gasteiger partial charge in [-0.25, -0.2) is 4.79 Å². The summed E-state index contributed by atoms with van der Waals surface area (Å²) in [5.41, 5.74) is 6.97. The summed E-state index contributed by atoms with van der Waals surface area (Å²) in [6.45, 7) is 2.18. The van der Waals surface area contributed by atoms with E-state index >= 15 is 0 Å². The maximum atomic E-state index is 11.1. The molecular weight excluding hydrogens is 232 g/mol. The summed E-state index contributed by atoms with van der Waals surface area (Å²) in [6.07, 6.45) is 1.73. The van der Waals surface area contributed by atoms with E-state index in [4.69, 9.17) is 5.73 Å². The summed E-state index contributed by atoms with van der Waals surface area (Å²) in [7, 11) is 1.34. The maximum Gasteiger partial charge on any atom is 0.333 e. The topological polar surface area (TPSA) is 81.4 Å². The van der Waals surface area contributed by atoms with E-state index in [9.17, 15) is 9.59 Å². The fourth-order valence-corrected chi connectivity index (χ4v) is 1.32. The molecule has 1 aromatic rings. The number of primary amides is 1. The smallest absolute Gasteiger partial charge is 0.333 e. The number of hydrogen-bond donors (Lipinski definition) is 2. The Morgan fingerprint density at radius 2 is 1.94 bits per heavy atom. The van der Waals surface area contributed by atoms with Gasteiger partial charge < -0.3 is 15.8 Å². The second-order valence-electron chi connectivity index (χ2n) is 3.70. The van der Waals surface area contributed by atoms with Gasteiger partial charge in [-0.1, -0.05) is 6.08 Å². The summed E-state index contributed by atoms with van der Waals surface area (Å²) >= 11 is 0. The summed E-state index contributed by atoms with van der Waals surface area (Å²) in [5.74, 6) is -0.802. The number of nitrogens with two attached hydrogens (primary N) is 1. The lowest BCUT2D eigenvalue weighted by Gasteiger charge is -2.04. The van der Waals surface area contributed by atoms with Crippen molar-refractivity contribution in [2.24, 2.45) is 5.73 Å². The Kier molecular flexibility index (Phi) is 4.92. The van der Waals surface area contributed by atoms with Gasteiger partial charge in [-0.3, -0.25) is 4.79 Å². The molecule has 0 aliphatic carbocycles. The number of nitrogens with one attached hydrogen (secondary N) is 1. The largest absolute Gasteiger partial charge is 0.466 e. The van der Waals surface area contributed by atoms with Gasteiger partial charge in [0.15, 0.2) is 0 Å². The van der Waals surface area contributed by atoms with Crippen molar-refractivity contribution in [3.05, 3.63) is 41.5 Å². The quantitative estimate of drug-likeness (QED) is 0.608. The SMILES string of the molecule is COC(=O)/C(C)=C/CNc1ccc(C(N)=O)cc1. The van der Waals surface area contributed by atoms with Gasteiger partial charge in [-0.05, 0) is 31.2 Å². The molecule has 1 amide bonds. The van der Waals surface area contributed by atoms with Crippen molar-refractivity contribution in [2.75, 3.05) is 19.0 Å².